The molecule has 0 spiro atoms. The van der Waals surface area contributed by atoms with Gasteiger partial charge >= 0.3 is 0 Å². The quantitative estimate of drug-likeness (QED) is 0.577. The fourth-order valence-corrected chi connectivity index (χ4v) is 3.09. The van der Waals surface area contributed by atoms with E-state index in [2.05, 4.69) is 30.6 Å². The molecule has 4 rings (SSSR count). The minimum absolute atomic E-state index is 0. The molecule has 1 saturated heterocycles. The van der Waals surface area contributed by atoms with E-state index in [0.717, 1.165) is 41.1 Å². The summed E-state index contributed by atoms with van der Waals surface area (Å²) >= 11 is 0. The normalized spacial score (nSPS) is 16.9. The van der Waals surface area contributed by atoms with Gasteiger partial charge in [0.15, 0.2) is 0 Å². The van der Waals surface area contributed by atoms with Crippen LogP contribution in [-0.4, -0.2) is 39.1 Å². The van der Waals surface area contributed by atoms with Gasteiger partial charge < -0.3 is 21.4 Å². The molecule has 8 heteroatoms. The van der Waals surface area contributed by atoms with Gasteiger partial charge in [-0.05, 0) is 31.5 Å². The van der Waals surface area contributed by atoms with Gasteiger partial charge in [-0.2, -0.15) is 0 Å². The van der Waals surface area contributed by atoms with E-state index < -0.39 is 0 Å². The van der Waals surface area contributed by atoms with Crippen molar-refractivity contribution in [1.29, 1.82) is 0 Å². The molecule has 1 atom stereocenters. The summed E-state index contributed by atoms with van der Waals surface area (Å²) in [5.74, 6) is 0.269. The first-order valence-electron chi connectivity index (χ1n) is 7.83. The molecule has 0 saturated carbocycles. The maximum absolute atomic E-state index is 5.72. The number of pyridine rings is 1. The second-order valence-corrected chi connectivity index (χ2v) is 5.76. The average molecular weight is 346 g/mol. The average Bonchev–Trinajstić information content (AvgIpc) is 3.22. The molecule has 4 heterocycles. The van der Waals surface area contributed by atoms with Crippen LogP contribution in [0.2, 0.25) is 0 Å². The number of nitrogens with two attached hydrogens (primary N) is 1. The van der Waals surface area contributed by atoms with Crippen LogP contribution in [0.5, 0.6) is 0 Å². The summed E-state index contributed by atoms with van der Waals surface area (Å²) in [7, 11) is 0. The number of nitrogens with zero attached hydrogens (tertiary/aromatic N) is 3. The van der Waals surface area contributed by atoms with E-state index in [-0.39, 0.29) is 18.4 Å². The van der Waals surface area contributed by atoms with Crippen LogP contribution in [-0.2, 0) is 0 Å². The summed E-state index contributed by atoms with van der Waals surface area (Å²) in [6.45, 7) is 2.00. The van der Waals surface area contributed by atoms with Crippen LogP contribution in [0.3, 0.4) is 0 Å². The van der Waals surface area contributed by atoms with E-state index in [1.165, 1.54) is 12.8 Å². The number of rotatable bonds is 4. The van der Waals surface area contributed by atoms with Crippen molar-refractivity contribution in [2.75, 3.05) is 24.1 Å². The zero-order chi connectivity index (χ0) is 15.6. The van der Waals surface area contributed by atoms with E-state index in [1.54, 1.807) is 12.4 Å². The number of H-pyrrole nitrogens is 1. The topological polar surface area (TPSA) is 105 Å². The highest BCUT2D eigenvalue weighted by Crippen LogP contribution is 2.32. The Morgan fingerprint density at radius 1 is 1.25 bits per heavy atom. The van der Waals surface area contributed by atoms with Crippen LogP contribution >= 0.6 is 12.4 Å². The standard InChI is InChI=1S/C16H19N7.ClH/c17-16-20-7-3-12(23-16)11-9-22-15-14(11)13(4-6-19-15)21-8-10-2-1-5-18-10;/h3-4,6-7,9-10,18H,1-2,5,8H2,(H2,17,20,23)(H2,19,21,22);1H/t10-;/m1./s1. The van der Waals surface area contributed by atoms with Crippen molar-refractivity contribution >= 4 is 35.1 Å². The Hall–Kier alpha value is -2.38. The second-order valence-electron chi connectivity index (χ2n) is 5.76. The van der Waals surface area contributed by atoms with Gasteiger partial charge in [0.1, 0.15) is 5.65 Å². The summed E-state index contributed by atoms with van der Waals surface area (Å²) < 4.78 is 0. The zero-order valence-corrected chi connectivity index (χ0v) is 13.9. The molecule has 1 aliphatic rings. The van der Waals surface area contributed by atoms with Crippen molar-refractivity contribution in [3.8, 4) is 11.3 Å². The Morgan fingerprint density at radius 3 is 2.92 bits per heavy atom. The minimum atomic E-state index is 0. The molecular formula is C16H20ClN7. The number of hydrogen-bond donors (Lipinski definition) is 4. The molecule has 0 aromatic carbocycles. The number of nitrogens with one attached hydrogen (secondary N) is 3. The van der Waals surface area contributed by atoms with E-state index in [4.69, 9.17) is 5.73 Å². The number of fused-ring (bicyclic) bond motifs is 1. The molecular weight excluding hydrogens is 326 g/mol. The van der Waals surface area contributed by atoms with E-state index in [0.29, 0.717) is 6.04 Å². The Bertz CT molecular complexity index is 826. The highest BCUT2D eigenvalue weighted by atomic mass is 35.5. The molecule has 0 amide bonds. The van der Waals surface area contributed by atoms with E-state index in [1.807, 2.05) is 18.3 Å². The van der Waals surface area contributed by atoms with Crippen LogP contribution in [0.15, 0.2) is 30.7 Å². The third kappa shape index (κ3) is 3.13. The number of aromatic amines is 1. The lowest BCUT2D eigenvalue weighted by Gasteiger charge is -2.14. The number of aromatic nitrogens is 4. The lowest BCUT2D eigenvalue weighted by molar-refractivity contribution is 0.634. The van der Waals surface area contributed by atoms with Gasteiger partial charge in [-0.1, -0.05) is 0 Å². The van der Waals surface area contributed by atoms with Crippen molar-refractivity contribution in [2.24, 2.45) is 0 Å². The molecule has 24 heavy (non-hydrogen) atoms. The third-order valence-corrected chi connectivity index (χ3v) is 4.22. The number of hydrogen-bond acceptors (Lipinski definition) is 6. The van der Waals surface area contributed by atoms with Gasteiger partial charge in [0.2, 0.25) is 5.95 Å². The third-order valence-electron chi connectivity index (χ3n) is 4.22. The molecule has 3 aromatic heterocycles. The zero-order valence-electron chi connectivity index (χ0n) is 13.1. The van der Waals surface area contributed by atoms with Gasteiger partial charge in [0.25, 0.3) is 0 Å². The first-order chi connectivity index (χ1) is 11.3. The number of nitrogen functional groups attached to an aromatic ring is 1. The fourth-order valence-electron chi connectivity index (χ4n) is 3.09. The largest absolute Gasteiger partial charge is 0.383 e. The maximum Gasteiger partial charge on any atom is 0.220 e. The lowest BCUT2D eigenvalue weighted by Crippen LogP contribution is -2.29. The first-order valence-corrected chi connectivity index (χ1v) is 7.83. The molecule has 1 fully saturated rings. The molecule has 5 N–H and O–H groups in total. The van der Waals surface area contributed by atoms with Crippen LogP contribution < -0.4 is 16.4 Å². The molecule has 0 radical (unpaired) electrons. The van der Waals surface area contributed by atoms with Crippen molar-refractivity contribution in [1.82, 2.24) is 25.3 Å². The lowest BCUT2D eigenvalue weighted by atomic mass is 10.1. The van der Waals surface area contributed by atoms with Crippen molar-refractivity contribution < 1.29 is 0 Å². The van der Waals surface area contributed by atoms with Crippen molar-refractivity contribution in [3.05, 3.63) is 30.7 Å². The van der Waals surface area contributed by atoms with Crippen molar-refractivity contribution in [3.63, 3.8) is 0 Å². The van der Waals surface area contributed by atoms with E-state index >= 15 is 0 Å². The summed E-state index contributed by atoms with van der Waals surface area (Å²) in [6, 6.07) is 4.38. The molecule has 0 bridgehead atoms. The van der Waals surface area contributed by atoms with Gasteiger partial charge in [0, 0.05) is 42.4 Å². The summed E-state index contributed by atoms with van der Waals surface area (Å²) in [5, 5.41) is 8.07. The van der Waals surface area contributed by atoms with Gasteiger partial charge in [-0.15, -0.1) is 12.4 Å². The van der Waals surface area contributed by atoms with Gasteiger partial charge in [0.05, 0.1) is 11.1 Å². The Morgan fingerprint density at radius 2 is 2.12 bits per heavy atom. The maximum atomic E-state index is 5.72. The highest BCUT2D eigenvalue weighted by molar-refractivity contribution is 6.01. The molecule has 1 aliphatic heterocycles. The smallest absolute Gasteiger partial charge is 0.220 e. The SMILES string of the molecule is Cl.Nc1nccc(-c2c[nH]c3nccc(NC[C@H]4CCCN4)c23)n1. The van der Waals surface area contributed by atoms with Crippen LogP contribution in [0, 0.1) is 0 Å². The first kappa shape index (κ1) is 16.5. The molecule has 0 unspecified atom stereocenters. The Balaban J connectivity index is 0.00000169. The number of halogens is 1. The summed E-state index contributed by atoms with van der Waals surface area (Å²) in [4.78, 5) is 15.9. The monoisotopic (exact) mass is 345 g/mol. The van der Waals surface area contributed by atoms with Gasteiger partial charge in [-0.3, -0.25) is 0 Å². The molecule has 126 valence electrons. The van der Waals surface area contributed by atoms with E-state index in [9.17, 15) is 0 Å². The number of anilines is 2. The molecule has 3 aromatic rings. The Kier molecular flexibility index (Phi) is 4.82. The predicted molar refractivity (Wildman–Crippen MR) is 98.3 cm³/mol. The highest BCUT2D eigenvalue weighted by Gasteiger charge is 2.16. The Labute approximate surface area is 145 Å². The minimum Gasteiger partial charge on any atom is -0.383 e. The van der Waals surface area contributed by atoms with Crippen LogP contribution in [0.25, 0.3) is 22.3 Å². The van der Waals surface area contributed by atoms with Crippen LogP contribution in [0.4, 0.5) is 11.6 Å². The van der Waals surface area contributed by atoms with Gasteiger partial charge in [-0.25, -0.2) is 15.0 Å². The summed E-state index contributed by atoms with van der Waals surface area (Å²) in [5.41, 5.74) is 9.37. The molecule has 7 nitrogen and oxygen atoms in total. The second kappa shape index (κ2) is 7.02. The van der Waals surface area contributed by atoms with Crippen molar-refractivity contribution in [2.45, 2.75) is 18.9 Å². The fraction of sp³-hybridized carbons (Fsp3) is 0.312. The molecule has 0 aliphatic carbocycles. The summed E-state index contributed by atoms with van der Waals surface area (Å²) in [6.07, 6.45) is 7.85. The predicted octanol–water partition coefficient (Wildman–Crippen LogP) is 2.19. The van der Waals surface area contributed by atoms with Crippen LogP contribution in [0.1, 0.15) is 12.8 Å².